The van der Waals surface area contributed by atoms with E-state index < -0.39 is 5.82 Å². The Bertz CT molecular complexity index is 1380. The van der Waals surface area contributed by atoms with E-state index in [4.69, 9.17) is 15.5 Å². The maximum Gasteiger partial charge on any atom is 0.280 e. The van der Waals surface area contributed by atoms with Crippen LogP contribution in [0.15, 0.2) is 77.6 Å². The van der Waals surface area contributed by atoms with Crippen molar-refractivity contribution in [1.29, 1.82) is 0 Å². The molecule has 8 nitrogen and oxygen atoms in total. The molecular weight excluding hydrogens is 507 g/mol. The van der Waals surface area contributed by atoms with Crippen LogP contribution in [0.3, 0.4) is 0 Å². The van der Waals surface area contributed by atoms with Crippen molar-refractivity contribution in [1.82, 2.24) is 20.3 Å². The maximum absolute atomic E-state index is 13.9. The fourth-order valence-electron chi connectivity index (χ4n) is 4.32. The SMILES string of the molecule is NCCCNCCCCNCCCNn1c(-c2ccc(OCc3ccccc3)cc2)nc2ccc(F)cc2c1=O. The second kappa shape index (κ2) is 15.7. The van der Waals surface area contributed by atoms with Crippen LogP contribution in [0.5, 0.6) is 5.75 Å². The molecule has 0 amide bonds. The van der Waals surface area contributed by atoms with E-state index >= 15 is 0 Å². The summed E-state index contributed by atoms with van der Waals surface area (Å²) in [5, 5.41) is 7.07. The van der Waals surface area contributed by atoms with E-state index in [1.54, 1.807) is 0 Å². The smallest absolute Gasteiger partial charge is 0.280 e. The Morgan fingerprint density at radius 2 is 1.52 bits per heavy atom. The lowest BCUT2D eigenvalue weighted by molar-refractivity contribution is 0.306. The summed E-state index contributed by atoms with van der Waals surface area (Å²) in [6.45, 7) is 5.48. The molecule has 9 heteroatoms. The molecule has 4 rings (SSSR count). The minimum Gasteiger partial charge on any atom is -0.489 e. The van der Waals surface area contributed by atoms with Crippen molar-refractivity contribution >= 4 is 10.9 Å². The summed E-state index contributed by atoms with van der Waals surface area (Å²) >= 11 is 0. The number of fused-ring (bicyclic) bond motifs is 1. The van der Waals surface area contributed by atoms with Crippen molar-refractivity contribution in [2.45, 2.75) is 32.3 Å². The van der Waals surface area contributed by atoms with E-state index in [-0.39, 0.29) is 10.9 Å². The molecule has 0 fully saturated rings. The van der Waals surface area contributed by atoms with Gasteiger partial charge in [0.2, 0.25) is 0 Å². The van der Waals surface area contributed by atoms with Crippen LogP contribution in [0.4, 0.5) is 4.39 Å². The van der Waals surface area contributed by atoms with Crippen LogP contribution in [0.25, 0.3) is 22.3 Å². The van der Waals surface area contributed by atoms with E-state index in [0.717, 1.165) is 75.3 Å². The number of unbranched alkanes of at least 4 members (excludes halogenated alkanes) is 1. The first-order chi connectivity index (χ1) is 19.7. The van der Waals surface area contributed by atoms with Crippen LogP contribution in [-0.4, -0.2) is 48.9 Å². The van der Waals surface area contributed by atoms with Crippen LogP contribution >= 0.6 is 0 Å². The summed E-state index contributed by atoms with van der Waals surface area (Å²) in [5.41, 5.74) is 10.7. The molecular formula is C31H39FN6O2. The van der Waals surface area contributed by atoms with Gasteiger partial charge in [-0.15, -0.1) is 0 Å². The highest BCUT2D eigenvalue weighted by molar-refractivity contribution is 5.80. The van der Waals surface area contributed by atoms with Crippen molar-refractivity contribution in [3.8, 4) is 17.1 Å². The lowest BCUT2D eigenvalue weighted by atomic mass is 10.1. The van der Waals surface area contributed by atoms with Gasteiger partial charge in [-0.05, 0) is 106 Å². The van der Waals surface area contributed by atoms with Crippen molar-refractivity contribution in [2.24, 2.45) is 5.73 Å². The van der Waals surface area contributed by atoms with E-state index in [2.05, 4.69) is 16.1 Å². The molecule has 0 bridgehead atoms. The lowest BCUT2D eigenvalue weighted by Gasteiger charge is -2.16. The van der Waals surface area contributed by atoms with Gasteiger partial charge in [0, 0.05) is 12.1 Å². The van der Waals surface area contributed by atoms with E-state index in [1.807, 2.05) is 54.6 Å². The number of rotatable bonds is 17. The molecule has 3 aromatic carbocycles. The number of halogens is 1. The van der Waals surface area contributed by atoms with E-state index in [9.17, 15) is 9.18 Å². The second-order valence-electron chi connectivity index (χ2n) is 9.65. The number of aromatic nitrogens is 2. The van der Waals surface area contributed by atoms with Crippen LogP contribution in [0.2, 0.25) is 0 Å². The van der Waals surface area contributed by atoms with Gasteiger partial charge in [-0.3, -0.25) is 4.79 Å². The highest BCUT2D eigenvalue weighted by Gasteiger charge is 2.14. The number of benzene rings is 3. The summed E-state index contributed by atoms with van der Waals surface area (Å²) in [6, 6.07) is 21.5. The number of hydrogen-bond acceptors (Lipinski definition) is 7. The third kappa shape index (κ3) is 8.61. The Morgan fingerprint density at radius 1 is 0.825 bits per heavy atom. The van der Waals surface area contributed by atoms with Gasteiger partial charge in [0.05, 0.1) is 10.9 Å². The molecule has 5 N–H and O–H groups in total. The Labute approximate surface area is 234 Å². The average molecular weight is 547 g/mol. The van der Waals surface area contributed by atoms with Crippen molar-refractivity contribution < 1.29 is 9.13 Å². The molecule has 0 atom stereocenters. The highest BCUT2D eigenvalue weighted by Crippen LogP contribution is 2.22. The topological polar surface area (TPSA) is 106 Å². The van der Waals surface area contributed by atoms with Crippen molar-refractivity contribution in [3.05, 3.63) is 94.5 Å². The molecule has 1 aromatic heterocycles. The molecule has 1 heterocycles. The number of nitrogens with two attached hydrogens (primary N) is 1. The highest BCUT2D eigenvalue weighted by atomic mass is 19.1. The molecule has 0 aliphatic rings. The van der Waals surface area contributed by atoms with E-state index in [1.165, 1.54) is 22.9 Å². The summed E-state index contributed by atoms with van der Waals surface area (Å²) in [6.07, 6.45) is 4.03. The van der Waals surface area contributed by atoms with Gasteiger partial charge in [0.25, 0.3) is 5.56 Å². The Hall–Kier alpha value is -3.79. The number of nitrogens with one attached hydrogen (secondary N) is 3. The second-order valence-corrected chi connectivity index (χ2v) is 9.65. The molecule has 0 unspecified atom stereocenters. The zero-order valence-electron chi connectivity index (χ0n) is 22.9. The zero-order valence-corrected chi connectivity index (χ0v) is 22.9. The van der Waals surface area contributed by atoms with Gasteiger partial charge >= 0.3 is 0 Å². The summed E-state index contributed by atoms with van der Waals surface area (Å²) in [5.74, 6) is 0.716. The first-order valence-corrected chi connectivity index (χ1v) is 14.0. The summed E-state index contributed by atoms with van der Waals surface area (Å²) < 4.78 is 21.3. The van der Waals surface area contributed by atoms with Crippen molar-refractivity contribution in [3.63, 3.8) is 0 Å². The maximum atomic E-state index is 13.9. The van der Waals surface area contributed by atoms with Crippen LogP contribution < -0.4 is 32.1 Å². The normalized spacial score (nSPS) is 11.2. The number of ether oxygens (including phenoxy) is 1. The van der Waals surface area contributed by atoms with Crippen LogP contribution in [0.1, 0.15) is 31.2 Å². The van der Waals surface area contributed by atoms with Gasteiger partial charge in [0.1, 0.15) is 18.2 Å². The summed E-state index contributed by atoms with van der Waals surface area (Å²) in [4.78, 5) is 18.1. The standard InChI is InChI=1S/C31H39FN6O2/c32-26-12-15-29-28(22-26)31(39)38(36-21-7-20-35-18-5-4-17-34-19-6-16-33)30(37-29)25-10-13-27(14-11-25)40-23-24-8-2-1-3-9-24/h1-3,8-15,22,34-36H,4-7,16-21,23,33H2. The average Bonchev–Trinajstić information content (AvgIpc) is 2.98. The monoisotopic (exact) mass is 546 g/mol. The zero-order chi connectivity index (χ0) is 28.0. The lowest BCUT2D eigenvalue weighted by Crippen LogP contribution is -2.33. The van der Waals surface area contributed by atoms with E-state index in [0.29, 0.717) is 24.5 Å². The first kappa shape index (κ1) is 29.2. The predicted molar refractivity (Wildman–Crippen MR) is 160 cm³/mol. The third-order valence-electron chi connectivity index (χ3n) is 6.51. The Balaban J connectivity index is 1.36. The minimum absolute atomic E-state index is 0.234. The van der Waals surface area contributed by atoms with Gasteiger partial charge in [-0.25, -0.2) is 14.1 Å². The molecule has 0 saturated carbocycles. The van der Waals surface area contributed by atoms with Gasteiger partial charge in [-0.1, -0.05) is 30.3 Å². The predicted octanol–water partition coefficient (Wildman–Crippen LogP) is 4.02. The fourth-order valence-corrected chi connectivity index (χ4v) is 4.32. The molecule has 40 heavy (non-hydrogen) atoms. The van der Waals surface area contributed by atoms with Gasteiger partial charge in [0.15, 0.2) is 5.82 Å². The first-order valence-electron chi connectivity index (χ1n) is 14.0. The molecule has 0 aliphatic carbocycles. The molecule has 0 radical (unpaired) electrons. The number of hydrogen-bond donors (Lipinski definition) is 4. The van der Waals surface area contributed by atoms with Gasteiger partial charge in [-0.2, -0.15) is 0 Å². The molecule has 212 valence electrons. The molecule has 0 aliphatic heterocycles. The third-order valence-corrected chi connectivity index (χ3v) is 6.51. The van der Waals surface area contributed by atoms with Gasteiger partial charge < -0.3 is 26.5 Å². The minimum atomic E-state index is -0.468. The van der Waals surface area contributed by atoms with Crippen LogP contribution in [0, 0.1) is 5.82 Å². The van der Waals surface area contributed by atoms with Crippen LogP contribution in [-0.2, 0) is 6.61 Å². The largest absolute Gasteiger partial charge is 0.489 e. The molecule has 0 spiro atoms. The Kier molecular flexibility index (Phi) is 11.5. The molecule has 4 aromatic rings. The Morgan fingerprint density at radius 3 is 2.25 bits per heavy atom. The fraction of sp³-hybridized carbons (Fsp3) is 0.355. The quantitative estimate of drug-likeness (QED) is 0.148. The number of nitrogens with zero attached hydrogens (tertiary/aromatic N) is 2. The molecule has 0 saturated heterocycles. The van der Waals surface area contributed by atoms with Crippen molar-refractivity contribution in [2.75, 3.05) is 44.7 Å². The summed E-state index contributed by atoms with van der Waals surface area (Å²) in [7, 11) is 0.